The predicted molar refractivity (Wildman–Crippen MR) is 85.3 cm³/mol. The molecule has 1 aliphatic rings. The van der Waals surface area contributed by atoms with Crippen LogP contribution in [0.3, 0.4) is 0 Å². The van der Waals surface area contributed by atoms with Crippen molar-refractivity contribution in [1.29, 1.82) is 0 Å². The van der Waals surface area contributed by atoms with E-state index in [1.165, 1.54) is 0 Å². The van der Waals surface area contributed by atoms with Gasteiger partial charge in [-0.15, -0.1) is 0 Å². The van der Waals surface area contributed by atoms with Gasteiger partial charge in [0.15, 0.2) is 0 Å². The summed E-state index contributed by atoms with van der Waals surface area (Å²) in [5, 5.41) is 16.1. The Morgan fingerprint density at radius 1 is 1.14 bits per heavy atom. The molecule has 0 radical (unpaired) electrons. The van der Waals surface area contributed by atoms with Gasteiger partial charge in [0.1, 0.15) is 11.3 Å². The molecule has 3 rings (SSSR count). The molecule has 2 aromatic carbocycles. The summed E-state index contributed by atoms with van der Waals surface area (Å²) < 4.78 is 0. The number of carbonyl (C=O) groups is 1. The van der Waals surface area contributed by atoms with Crippen LogP contribution >= 0.6 is 0 Å². The second-order valence-corrected chi connectivity index (χ2v) is 5.61. The predicted octanol–water partition coefficient (Wildman–Crippen LogP) is 2.29. The molecule has 1 atom stereocenters. The van der Waals surface area contributed by atoms with Crippen molar-refractivity contribution >= 4 is 5.91 Å². The van der Waals surface area contributed by atoms with Gasteiger partial charge in [-0.1, -0.05) is 48.5 Å². The molecule has 0 spiro atoms. The average molecular weight is 296 g/mol. The fourth-order valence-corrected chi connectivity index (χ4v) is 3.02. The highest BCUT2D eigenvalue weighted by molar-refractivity contribution is 5.88. The summed E-state index contributed by atoms with van der Waals surface area (Å²) in [6.45, 7) is 1.15. The van der Waals surface area contributed by atoms with Crippen molar-refractivity contribution in [2.45, 2.75) is 24.9 Å². The Kier molecular flexibility index (Phi) is 4.11. The molecule has 1 amide bonds. The Hall–Kier alpha value is -2.33. The van der Waals surface area contributed by atoms with Gasteiger partial charge in [-0.2, -0.15) is 0 Å². The third-order valence-corrected chi connectivity index (χ3v) is 4.24. The van der Waals surface area contributed by atoms with Crippen LogP contribution in [0, 0.1) is 0 Å². The molecule has 1 aliphatic heterocycles. The highest BCUT2D eigenvalue weighted by Crippen LogP contribution is 2.31. The molecule has 22 heavy (non-hydrogen) atoms. The van der Waals surface area contributed by atoms with Gasteiger partial charge in [-0.3, -0.25) is 10.1 Å². The van der Waals surface area contributed by atoms with Crippen LogP contribution in [0.1, 0.15) is 24.0 Å². The van der Waals surface area contributed by atoms with Crippen molar-refractivity contribution in [2.24, 2.45) is 0 Å². The number of aromatic hydroxyl groups is 1. The van der Waals surface area contributed by atoms with Crippen molar-refractivity contribution in [3.63, 3.8) is 0 Å². The van der Waals surface area contributed by atoms with Crippen LogP contribution in [0.5, 0.6) is 5.75 Å². The van der Waals surface area contributed by atoms with E-state index in [9.17, 15) is 9.90 Å². The van der Waals surface area contributed by atoms with Crippen LogP contribution in [0.4, 0.5) is 0 Å². The zero-order valence-electron chi connectivity index (χ0n) is 12.4. The third-order valence-electron chi connectivity index (χ3n) is 4.24. The van der Waals surface area contributed by atoms with E-state index >= 15 is 0 Å². The third kappa shape index (κ3) is 2.70. The topological polar surface area (TPSA) is 61.4 Å². The van der Waals surface area contributed by atoms with Crippen molar-refractivity contribution in [3.8, 4) is 5.75 Å². The van der Waals surface area contributed by atoms with Crippen molar-refractivity contribution in [3.05, 3.63) is 65.7 Å². The maximum absolute atomic E-state index is 12.8. The summed E-state index contributed by atoms with van der Waals surface area (Å²) in [7, 11) is 0. The maximum atomic E-state index is 12.8. The number of hydrogen-bond acceptors (Lipinski definition) is 3. The van der Waals surface area contributed by atoms with Crippen LogP contribution < -0.4 is 10.6 Å². The molecule has 3 N–H and O–H groups in total. The van der Waals surface area contributed by atoms with Crippen LogP contribution in [-0.4, -0.2) is 17.6 Å². The molecule has 4 nitrogen and oxygen atoms in total. The first-order valence-corrected chi connectivity index (χ1v) is 7.58. The zero-order chi connectivity index (χ0) is 15.4. The number of amides is 1. The van der Waals surface area contributed by atoms with Crippen LogP contribution in [-0.2, 0) is 16.9 Å². The standard InChI is InChI=1S/C18H20N2O2/c21-16-10-5-4-7-14(16)13-19-17(22)18(11-6-12-20-18)15-8-2-1-3-9-15/h1-5,7-10,20-21H,6,11-13H2,(H,19,22)/t18-/m1/s1. The molecule has 114 valence electrons. The Morgan fingerprint density at radius 3 is 2.55 bits per heavy atom. The van der Waals surface area contributed by atoms with E-state index in [0.29, 0.717) is 6.54 Å². The lowest BCUT2D eigenvalue weighted by Gasteiger charge is -2.29. The Bertz CT molecular complexity index is 649. The SMILES string of the molecule is O=C(NCc1ccccc1O)[C@]1(c2ccccc2)CCCN1. The van der Waals surface area contributed by atoms with Gasteiger partial charge >= 0.3 is 0 Å². The van der Waals surface area contributed by atoms with Crippen LogP contribution in [0.25, 0.3) is 0 Å². The van der Waals surface area contributed by atoms with Gasteiger partial charge in [0.25, 0.3) is 0 Å². The molecule has 2 aromatic rings. The molecular weight excluding hydrogens is 276 g/mol. The summed E-state index contributed by atoms with van der Waals surface area (Å²) in [6, 6.07) is 16.9. The minimum absolute atomic E-state index is 0.0422. The minimum Gasteiger partial charge on any atom is -0.508 e. The summed E-state index contributed by atoms with van der Waals surface area (Å²) in [5.41, 5.74) is 1.05. The van der Waals surface area contributed by atoms with Gasteiger partial charge in [-0.05, 0) is 31.0 Å². The monoisotopic (exact) mass is 296 g/mol. The number of benzene rings is 2. The minimum atomic E-state index is -0.661. The average Bonchev–Trinajstić information content (AvgIpc) is 3.06. The van der Waals surface area contributed by atoms with E-state index < -0.39 is 5.54 Å². The Morgan fingerprint density at radius 2 is 1.86 bits per heavy atom. The van der Waals surface area contributed by atoms with E-state index in [2.05, 4.69) is 10.6 Å². The molecule has 4 heteroatoms. The first-order chi connectivity index (χ1) is 10.7. The number of carbonyl (C=O) groups excluding carboxylic acids is 1. The lowest BCUT2D eigenvalue weighted by Crippen LogP contribution is -2.50. The first kappa shape index (κ1) is 14.6. The second kappa shape index (κ2) is 6.20. The van der Waals surface area contributed by atoms with Crippen molar-refractivity contribution in [2.75, 3.05) is 6.54 Å². The molecule has 0 aromatic heterocycles. The highest BCUT2D eigenvalue weighted by Gasteiger charge is 2.42. The summed E-state index contributed by atoms with van der Waals surface area (Å²) in [4.78, 5) is 12.8. The quantitative estimate of drug-likeness (QED) is 0.811. The molecule has 1 heterocycles. The fourth-order valence-electron chi connectivity index (χ4n) is 3.02. The van der Waals surface area contributed by atoms with Crippen LogP contribution in [0.15, 0.2) is 54.6 Å². The molecule has 1 saturated heterocycles. The van der Waals surface area contributed by atoms with E-state index in [-0.39, 0.29) is 11.7 Å². The molecule has 0 saturated carbocycles. The number of hydrogen-bond donors (Lipinski definition) is 3. The molecule has 0 aliphatic carbocycles. The normalized spacial score (nSPS) is 20.7. The van der Waals surface area contributed by atoms with Crippen molar-refractivity contribution in [1.82, 2.24) is 10.6 Å². The molecule has 1 fully saturated rings. The van der Waals surface area contributed by atoms with Crippen LogP contribution in [0.2, 0.25) is 0 Å². The molecular formula is C18H20N2O2. The number of rotatable bonds is 4. The smallest absolute Gasteiger partial charge is 0.245 e. The molecule has 0 unspecified atom stereocenters. The highest BCUT2D eigenvalue weighted by atomic mass is 16.3. The van der Waals surface area contributed by atoms with E-state index in [0.717, 1.165) is 30.5 Å². The lowest BCUT2D eigenvalue weighted by atomic mass is 9.87. The number of nitrogens with one attached hydrogen (secondary N) is 2. The van der Waals surface area contributed by atoms with E-state index in [1.807, 2.05) is 42.5 Å². The van der Waals surface area contributed by atoms with Crippen molar-refractivity contribution < 1.29 is 9.90 Å². The maximum Gasteiger partial charge on any atom is 0.245 e. The fraction of sp³-hybridized carbons (Fsp3) is 0.278. The zero-order valence-corrected chi connectivity index (χ0v) is 12.4. The van der Waals surface area contributed by atoms with Gasteiger partial charge in [0.2, 0.25) is 5.91 Å². The largest absolute Gasteiger partial charge is 0.508 e. The van der Waals surface area contributed by atoms with Gasteiger partial charge in [0, 0.05) is 12.1 Å². The Labute approximate surface area is 130 Å². The number of phenols is 1. The summed E-state index contributed by atoms with van der Waals surface area (Å²) >= 11 is 0. The van der Waals surface area contributed by atoms with Gasteiger partial charge < -0.3 is 10.4 Å². The summed E-state index contributed by atoms with van der Waals surface area (Å²) in [5.74, 6) is 0.162. The van der Waals surface area contributed by atoms with Gasteiger partial charge in [-0.25, -0.2) is 0 Å². The first-order valence-electron chi connectivity index (χ1n) is 7.58. The molecule has 0 bridgehead atoms. The van der Waals surface area contributed by atoms with E-state index in [1.54, 1.807) is 12.1 Å². The Balaban J connectivity index is 1.78. The lowest BCUT2D eigenvalue weighted by molar-refractivity contribution is -0.127. The van der Waals surface area contributed by atoms with Gasteiger partial charge in [0.05, 0.1) is 0 Å². The van der Waals surface area contributed by atoms with E-state index in [4.69, 9.17) is 0 Å². The number of phenolic OH excluding ortho intramolecular Hbond substituents is 1. The second-order valence-electron chi connectivity index (χ2n) is 5.61. The summed E-state index contributed by atoms with van der Waals surface area (Å²) in [6.07, 6.45) is 1.75. The number of para-hydroxylation sites is 1.